The number of nitrogen functional groups attached to an aromatic ring is 1. The first kappa shape index (κ1) is 25.8. The molecule has 0 aliphatic heterocycles. The average Bonchev–Trinajstić information content (AvgIpc) is 3.63. The third-order valence-electron chi connectivity index (χ3n) is 5.93. The Labute approximate surface area is 230 Å². The van der Waals surface area contributed by atoms with Crippen molar-refractivity contribution in [3.8, 4) is 22.8 Å². The summed E-state index contributed by atoms with van der Waals surface area (Å²) < 4.78 is 14.2. The van der Waals surface area contributed by atoms with Crippen LogP contribution in [-0.4, -0.2) is 54.3 Å². The minimum Gasteiger partial charge on any atom is -0.496 e. The maximum Gasteiger partial charge on any atom is 0.292 e. The van der Waals surface area contributed by atoms with Gasteiger partial charge in [-0.25, -0.2) is 10.1 Å². The van der Waals surface area contributed by atoms with Crippen LogP contribution in [-0.2, 0) is 6.54 Å². The monoisotopic (exact) mass is 590 g/mol. The first-order valence-corrected chi connectivity index (χ1v) is 12.5. The molecule has 0 saturated carbocycles. The highest BCUT2D eigenvalue weighted by atomic mass is 79.9. The molecule has 3 N–H and O–H groups in total. The molecule has 0 aliphatic rings. The largest absolute Gasteiger partial charge is 0.496 e. The van der Waals surface area contributed by atoms with Gasteiger partial charge in [0, 0.05) is 11.1 Å². The minimum atomic E-state index is -0.585. The van der Waals surface area contributed by atoms with Crippen LogP contribution in [0.25, 0.3) is 17.1 Å². The van der Waals surface area contributed by atoms with E-state index in [2.05, 4.69) is 56.8 Å². The topological polar surface area (TPSA) is 164 Å². The van der Waals surface area contributed by atoms with E-state index in [1.807, 2.05) is 54.9 Å². The van der Waals surface area contributed by atoms with E-state index in [4.69, 9.17) is 10.5 Å². The number of benzene rings is 2. The Morgan fingerprint density at radius 1 is 1.21 bits per heavy atom. The molecule has 198 valence electrons. The standard InChI is InChI=1S/C25H23BrN10O3/c1-14-20(26)15(2)35(31-14)13-18-11-16(9-10-19(18)38-3)12-28-30-25(37)22-21(17-7-5-4-6-8-17)29-34-36(22)24-23(27)32-39-33-24/h4-12H,13H2,1-3H3,(H2,27,32)(H,30,37)/b28-12-. The lowest BCUT2D eigenvalue weighted by Crippen LogP contribution is -2.22. The van der Waals surface area contributed by atoms with Gasteiger partial charge in [0.05, 0.1) is 35.7 Å². The molecule has 14 heteroatoms. The molecule has 0 atom stereocenters. The zero-order valence-corrected chi connectivity index (χ0v) is 22.7. The summed E-state index contributed by atoms with van der Waals surface area (Å²) in [5, 5.41) is 24.3. The fourth-order valence-corrected chi connectivity index (χ4v) is 4.26. The lowest BCUT2D eigenvalue weighted by molar-refractivity contribution is 0.0947. The van der Waals surface area contributed by atoms with Crippen molar-refractivity contribution in [1.29, 1.82) is 0 Å². The van der Waals surface area contributed by atoms with Gasteiger partial charge in [-0.15, -0.1) is 5.10 Å². The molecule has 3 heterocycles. The Bertz CT molecular complexity index is 1670. The molecule has 0 radical (unpaired) electrons. The number of hydrogen-bond donors (Lipinski definition) is 2. The number of hydrazone groups is 1. The van der Waals surface area contributed by atoms with Crippen molar-refractivity contribution in [2.75, 3.05) is 12.8 Å². The van der Waals surface area contributed by atoms with Crippen LogP contribution in [0.1, 0.15) is 33.0 Å². The number of aromatic nitrogens is 7. The molecular formula is C25H23BrN10O3. The number of methoxy groups -OCH3 is 1. The molecular weight excluding hydrogens is 568 g/mol. The second kappa shape index (κ2) is 10.9. The quantitative estimate of drug-likeness (QED) is 0.204. The van der Waals surface area contributed by atoms with Crippen LogP contribution >= 0.6 is 15.9 Å². The first-order chi connectivity index (χ1) is 18.9. The predicted octanol–water partition coefficient (Wildman–Crippen LogP) is 3.30. The van der Waals surface area contributed by atoms with Crippen LogP contribution in [0, 0.1) is 13.8 Å². The van der Waals surface area contributed by atoms with Gasteiger partial charge in [-0.2, -0.15) is 14.9 Å². The molecule has 0 bridgehead atoms. The van der Waals surface area contributed by atoms with E-state index in [9.17, 15) is 4.79 Å². The maximum atomic E-state index is 13.3. The van der Waals surface area contributed by atoms with Crippen LogP contribution in [0.15, 0.2) is 62.7 Å². The van der Waals surface area contributed by atoms with Gasteiger partial charge in [0.2, 0.25) is 11.6 Å². The average molecular weight is 591 g/mol. The Morgan fingerprint density at radius 3 is 2.67 bits per heavy atom. The highest BCUT2D eigenvalue weighted by Crippen LogP contribution is 2.26. The molecule has 0 fully saturated rings. The van der Waals surface area contributed by atoms with Gasteiger partial charge in [0.1, 0.15) is 11.4 Å². The van der Waals surface area contributed by atoms with Gasteiger partial charge >= 0.3 is 0 Å². The van der Waals surface area contributed by atoms with E-state index in [1.54, 1.807) is 19.2 Å². The SMILES string of the molecule is COc1ccc(/C=N\NC(=O)c2c(-c3ccccc3)nnn2-c2nonc2N)cc1Cn1nc(C)c(Br)c1C. The van der Waals surface area contributed by atoms with E-state index in [0.29, 0.717) is 23.6 Å². The van der Waals surface area contributed by atoms with Crippen LogP contribution in [0.5, 0.6) is 5.75 Å². The van der Waals surface area contributed by atoms with Crippen LogP contribution < -0.4 is 15.9 Å². The first-order valence-electron chi connectivity index (χ1n) is 11.7. The van der Waals surface area contributed by atoms with E-state index in [-0.39, 0.29) is 17.3 Å². The van der Waals surface area contributed by atoms with Crippen molar-refractivity contribution in [2.45, 2.75) is 20.4 Å². The summed E-state index contributed by atoms with van der Waals surface area (Å²) in [6.45, 7) is 4.42. The van der Waals surface area contributed by atoms with Gasteiger partial charge in [0.25, 0.3) is 5.91 Å². The molecule has 0 spiro atoms. The highest BCUT2D eigenvalue weighted by Gasteiger charge is 2.25. The molecule has 0 aliphatic carbocycles. The number of hydrogen-bond acceptors (Lipinski definition) is 10. The lowest BCUT2D eigenvalue weighted by atomic mass is 10.1. The van der Waals surface area contributed by atoms with Gasteiger partial charge in [-0.3, -0.25) is 9.48 Å². The fourth-order valence-electron chi connectivity index (χ4n) is 3.97. The summed E-state index contributed by atoms with van der Waals surface area (Å²) in [7, 11) is 1.61. The number of nitrogens with one attached hydrogen (secondary N) is 1. The number of nitrogens with zero attached hydrogens (tertiary/aromatic N) is 8. The molecule has 3 aromatic heterocycles. The van der Waals surface area contributed by atoms with Crippen molar-refractivity contribution in [1.82, 2.24) is 40.5 Å². The summed E-state index contributed by atoms with van der Waals surface area (Å²) in [5.74, 6) is 0.117. The van der Waals surface area contributed by atoms with Gasteiger partial charge in [0.15, 0.2) is 5.69 Å². The zero-order chi connectivity index (χ0) is 27.5. The van der Waals surface area contributed by atoms with Gasteiger partial charge < -0.3 is 10.5 Å². The third-order valence-corrected chi connectivity index (χ3v) is 7.07. The number of halogens is 1. The number of rotatable bonds is 8. The van der Waals surface area contributed by atoms with Gasteiger partial charge in [-0.1, -0.05) is 35.5 Å². The molecule has 1 amide bonds. The molecule has 5 aromatic rings. The third kappa shape index (κ3) is 5.13. The number of nitrogens with two attached hydrogens (primary N) is 1. The van der Waals surface area contributed by atoms with Crippen molar-refractivity contribution < 1.29 is 14.2 Å². The molecule has 13 nitrogen and oxygen atoms in total. The Balaban J connectivity index is 1.41. The van der Waals surface area contributed by atoms with Crippen molar-refractivity contribution >= 4 is 33.9 Å². The number of amides is 1. The van der Waals surface area contributed by atoms with E-state index >= 15 is 0 Å². The number of ether oxygens (including phenoxy) is 1. The normalized spacial score (nSPS) is 11.3. The van der Waals surface area contributed by atoms with E-state index < -0.39 is 5.91 Å². The Hall–Kier alpha value is -4.85. The second-order valence-electron chi connectivity index (χ2n) is 8.45. The van der Waals surface area contributed by atoms with Crippen LogP contribution in [0.3, 0.4) is 0 Å². The summed E-state index contributed by atoms with van der Waals surface area (Å²) in [5.41, 5.74) is 13.0. The summed E-state index contributed by atoms with van der Waals surface area (Å²) >= 11 is 3.56. The molecule has 5 rings (SSSR count). The number of anilines is 1. The molecule has 0 saturated heterocycles. The lowest BCUT2D eigenvalue weighted by Gasteiger charge is -2.11. The fraction of sp³-hybridized carbons (Fsp3) is 0.160. The number of carbonyl (C=O) groups excluding carboxylic acids is 1. The van der Waals surface area contributed by atoms with Crippen molar-refractivity contribution in [3.05, 3.63) is 81.2 Å². The molecule has 39 heavy (non-hydrogen) atoms. The smallest absolute Gasteiger partial charge is 0.292 e. The predicted molar refractivity (Wildman–Crippen MR) is 146 cm³/mol. The van der Waals surface area contributed by atoms with E-state index in [1.165, 1.54) is 6.21 Å². The second-order valence-corrected chi connectivity index (χ2v) is 9.24. The molecule has 0 unspecified atom stereocenters. The summed E-state index contributed by atoms with van der Waals surface area (Å²) in [6, 6.07) is 14.7. The van der Waals surface area contributed by atoms with E-state index in [0.717, 1.165) is 31.7 Å². The van der Waals surface area contributed by atoms with Crippen molar-refractivity contribution in [3.63, 3.8) is 0 Å². The van der Waals surface area contributed by atoms with Crippen LogP contribution in [0.4, 0.5) is 5.82 Å². The Kier molecular flexibility index (Phi) is 7.19. The number of carbonyl (C=O) groups is 1. The highest BCUT2D eigenvalue weighted by molar-refractivity contribution is 9.10. The minimum absolute atomic E-state index is 0.0365. The summed E-state index contributed by atoms with van der Waals surface area (Å²) in [6.07, 6.45) is 1.53. The maximum absolute atomic E-state index is 13.3. The van der Waals surface area contributed by atoms with Crippen LogP contribution in [0.2, 0.25) is 0 Å². The van der Waals surface area contributed by atoms with Gasteiger partial charge in [-0.05, 0) is 63.9 Å². The van der Waals surface area contributed by atoms with Crippen molar-refractivity contribution in [2.24, 2.45) is 5.10 Å². The Morgan fingerprint density at radius 2 is 2.00 bits per heavy atom. The summed E-state index contributed by atoms with van der Waals surface area (Å²) in [4.78, 5) is 13.3. The molecule has 2 aromatic carbocycles. The number of aryl methyl sites for hydroxylation is 1. The zero-order valence-electron chi connectivity index (χ0n) is 21.2.